The van der Waals surface area contributed by atoms with Crippen molar-refractivity contribution in [3.63, 3.8) is 0 Å². The Bertz CT molecular complexity index is 808. The van der Waals surface area contributed by atoms with E-state index in [-0.39, 0.29) is 12.4 Å². The summed E-state index contributed by atoms with van der Waals surface area (Å²) >= 11 is 0. The average molecular weight is 282 g/mol. The van der Waals surface area contributed by atoms with Gasteiger partial charge in [0.05, 0.1) is 5.69 Å². The van der Waals surface area contributed by atoms with Crippen LogP contribution in [0.5, 0.6) is 0 Å². The Morgan fingerprint density at radius 2 is 2.19 bits per heavy atom. The number of hydrogen-bond donors (Lipinski definition) is 1. The third-order valence-corrected chi connectivity index (χ3v) is 3.20. The normalized spacial score (nSPS) is 10.7. The second-order valence-corrected chi connectivity index (χ2v) is 4.75. The number of nitrogens with two attached hydrogens (primary N) is 1. The molecule has 0 aliphatic carbocycles. The topological polar surface area (TPSA) is 78.3 Å². The lowest BCUT2D eigenvalue weighted by Gasteiger charge is -2.04. The highest BCUT2D eigenvalue weighted by atomic mass is 16.5. The van der Waals surface area contributed by atoms with Gasteiger partial charge in [-0.05, 0) is 42.8 Å². The number of nitrogen functional groups attached to an aromatic ring is 1. The maximum absolute atomic E-state index is 12.0. The standard InChI is InChI=1S/C16H14N2O3/c1-10-3-2-6-18-13(10)9-20-16(19)15-8-11-7-12(17)4-5-14(11)21-15/h2-8H,9,17H2,1H3. The number of carbonyl (C=O) groups excluding carboxylic acids is 1. The summed E-state index contributed by atoms with van der Waals surface area (Å²) in [7, 11) is 0. The largest absolute Gasteiger partial charge is 0.453 e. The van der Waals surface area contributed by atoms with Crippen molar-refractivity contribution in [1.82, 2.24) is 4.98 Å². The van der Waals surface area contributed by atoms with Crippen molar-refractivity contribution in [1.29, 1.82) is 0 Å². The molecule has 0 saturated heterocycles. The van der Waals surface area contributed by atoms with Crippen LogP contribution >= 0.6 is 0 Å². The zero-order valence-electron chi connectivity index (χ0n) is 11.5. The highest BCUT2D eigenvalue weighted by Gasteiger charge is 2.14. The van der Waals surface area contributed by atoms with E-state index < -0.39 is 5.97 Å². The van der Waals surface area contributed by atoms with Crippen LogP contribution in [0, 0.1) is 6.92 Å². The molecule has 0 radical (unpaired) electrons. The van der Waals surface area contributed by atoms with Crippen LogP contribution in [0.25, 0.3) is 11.0 Å². The number of esters is 1. The number of carbonyl (C=O) groups is 1. The molecule has 0 atom stereocenters. The molecule has 0 fully saturated rings. The Hall–Kier alpha value is -2.82. The van der Waals surface area contributed by atoms with Crippen molar-refractivity contribution in [2.75, 3.05) is 5.73 Å². The van der Waals surface area contributed by atoms with E-state index in [0.29, 0.717) is 11.3 Å². The lowest BCUT2D eigenvalue weighted by Crippen LogP contribution is -2.06. The molecule has 2 heterocycles. The second-order valence-electron chi connectivity index (χ2n) is 4.75. The molecule has 0 aliphatic rings. The minimum absolute atomic E-state index is 0.116. The summed E-state index contributed by atoms with van der Waals surface area (Å²) < 4.78 is 10.7. The van der Waals surface area contributed by atoms with Gasteiger partial charge in [0.25, 0.3) is 0 Å². The van der Waals surface area contributed by atoms with Crippen LogP contribution in [0.4, 0.5) is 5.69 Å². The van der Waals surface area contributed by atoms with E-state index in [9.17, 15) is 4.79 Å². The molecule has 0 aliphatic heterocycles. The number of ether oxygens (including phenoxy) is 1. The number of aryl methyl sites for hydroxylation is 1. The van der Waals surface area contributed by atoms with Gasteiger partial charge in [0.1, 0.15) is 12.2 Å². The number of anilines is 1. The van der Waals surface area contributed by atoms with E-state index in [1.54, 1.807) is 30.5 Å². The van der Waals surface area contributed by atoms with Crippen LogP contribution in [-0.2, 0) is 11.3 Å². The number of hydrogen-bond acceptors (Lipinski definition) is 5. The predicted octanol–water partition coefficient (Wildman–Crippen LogP) is 3.08. The molecule has 5 heteroatoms. The zero-order valence-corrected chi connectivity index (χ0v) is 11.5. The summed E-state index contributed by atoms with van der Waals surface area (Å²) in [5.74, 6) is -0.362. The number of aromatic nitrogens is 1. The van der Waals surface area contributed by atoms with Crippen LogP contribution in [-0.4, -0.2) is 11.0 Å². The first-order valence-electron chi connectivity index (χ1n) is 6.50. The number of rotatable bonds is 3. The molecule has 0 unspecified atom stereocenters. The van der Waals surface area contributed by atoms with Gasteiger partial charge in [-0.1, -0.05) is 6.07 Å². The molecule has 21 heavy (non-hydrogen) atoms. The molecule has 106 valence electrons. The number of pyridine rings is 1. The number of benzene rings is 1. The molecule has 0 amide bonds. The van der Waals surface area contributed by atoms with Gasteiger partial charge in [-0.15, -0.1) is 0 Å². The summed E-state index contributed by atoms with van der Waals surface area (Å²) in [5.41, 5.74) is 8.62. The molecule has 1 aromatic carbocycles. The zero-order chi connectivity index (χ0) is 14.8. The average Bonchev–Trinajstić information content (AvgIpc) is 2.89. The fourth-order valence-electron chi connectivity index (χ4n) is 2.04. The number of nitrogens with zero attached hydrogens (tertiary/aromatic N) is 1. The molecular weight excluding hydrogens is 268 g/mol. The molecule has 0 saturated carbocycles. The van der Waals surface area contributed by atoms with Gasteiger partial charge in [-0.25, -0.2) is 4.79 Å². The quantitative estimate of drug-likeness (QED) is 0.590. The van der Waals surface area contributed by atoms with E-state index in [2.05, 4.69) is 4.98 Å². The second kappa shape index (κ2) is 5.28. The SMILES string of the molecule is Cc1cccnc1COC(=O)c1cc2cc(N)ccc2o1. The van der Waals surface area contributed by atoms with Crippen LogP contribution in [0.15, 0.2) is 47.0 Å². The van der Waals surface area contributed by atoms with Crippen molar-refractivity contribution >= 4 is 22.6 Å². The molecule has 5 nitrogen and oxygen atoms in total. The summed E-state index contributed by atoms with van der Waals surface area (Å²) in [4.78, 5) is 16.2. The third kappa shape index (κ3) is 2.72. The molecule has 2 N–H and O–H groups in total. The summed E-state index contributed by atoms with van der Waals surface area (Å²) in [5, 5.41) is 0.774. The van der Waals surface area contributed by atoms with E-state index in [1.165, 1.54) is 0 Å². The Kier molecular flexibility index (Phi) is 3.31. The van der Waals surface area contributed by atoms with Crippen molar-refractivity contribution in [2.45, 2.75) is 13.5 Å². The monoisotopic (exact) mass is 282 g/mol. The lowest BCUT2D eigenvalue weighted by molar-refractivity contribution is 0.0433. The molecule has 0 bridgehead atoms. The molecule has 0 spiro atoms. The summed E-state index contributed by atoms with van der Waals surface area (Å²) in [6, 6.07) is 10.6. The van der Waals surface area contributed by atoms with E-state index in [0.717, 1.165) is 16.6 Å². The third-order valence-electron chi connectivity index (χ3n) is 3.20. The predicted molar refractivity (Wildman–Crippen MR) is 78.7 cm³/mol. The summed E-state index contributed by atoms with van der Waals surface area (Å²) in [6.45, 7) is 2.03. The Morgan fingerprint density at radius 1 is 1.33 bits per heavy atom. The van der Waals surface area contributed by atoms with Gasteiger partial charge < -0.3 is 14.9 Å². The van der Waals surface area contributed by atoms with Crippen LogP contribution in [0.3, 0.4) is 0 Å². The molecular formula is C16H14N2O3. The molecule has 2 aromatic heterocycles. The summed E-state index contributed by atoms with van der Waals surface area (Å²) in [6.07, 6.45) is 1.67. The Balaban J connectivity index is 1.76. The lowest BCUT2D eigenvalue weighted by atomic mass is 10.2. The van der Waals surface area contributed by atoms with Gasteiger partial charge in [-0.3, -0.25) is 4.98 Å². The Morgan fingerprint density at radius 3 is 3.00 bits per heavy atom. The number of fused-ring (bicyclic) bond motifs is 1. The highest BCUT2D eigenvalue weighted by Crippen LogP contribution is 2.22. The number of furan rings is 1. The van der Waals surface area contributed by atoms with Gasteiger partial charge in [0.2, 0.25) is 5.76 Å². The fraction of sp³-hybridized carbons (Fsp3) is 0.125. The van der Waals surface area contributed by atoms with Gasteiger partial charge in [-0.2, -0.15) is 0 Å². The maximum Gasteiger partial charge on any atom is 0.374 e. The highest BCUT2D eigenvalue weighted by molar-refractivity contribution is 5.93. The van der Waals surface area contributed by atoms with Crippen molar-refractivity contribution in [2.24, 2.45) is 0 Å². The van der Waals surface area contributed by atoms with E-state index in [4.69, 9.17) is 14.9 Å². The maximum atomic E-state index is 12.0. The first kappa shape index (κ1) is 13.2. The van der Waals surface area contributed by atoms with Gasteiger partial charge in [0.15, 0.2) is 0 Å². The van der Waals surface area contributed by atoms with Crippen molar-refractivity contribution < 1.29 is 13.9 Å². The van der Waals surface area contributed by atoms with Crippen LogP contribution in [0.1, 0.15) is 21.8 Å². The van der Waals surface area contributed by atoms with Crippen LogP contribution < -0.4 is 5.73 Å². The minimum Gasteiger partial charge on any atom is -0.453 e. The molecule has 3 rings (SSSR count). The first-order chi connectivity index (χ1) is 10.1. The smallest absolute Gasteiger partial charge is 0.374 e. The van der Waals surface area contributed by atoms with Gasteiger partial charge >= 0.3 is 5.97 Å². The Labute approximate surface area is 121 Å². The van der Waals surface area contributed by atoms with Crippen molar-refractivity contribution in [3.8, 4) is 0 Å². The van der Waals surface area contributed by atoms with Crippen LogP contribution in [0.2, 0.25) is 0 Å². The first-order valence-corrected chi connectivity index (χ1v) is 6.50. The molecule has 3 aromatic rings. The van der Waals surface area contributed by atoms with E-state index in [1.807, 2.05) is 19.1 Å². The van der Waals surface area contributed by atoms with Crippen molar-refractivity contribution in [3.05, 3.63) is 59.6 Å². The van der Waals surface area contributed by atoms with Gasteiger partial charge in [0, 0.05) is 17.3 Å². The minimum atomic E-state index is -0.519. The fourth-order valence-corrected chi connectivity index (χ4v) is 2.04. The van der Waals surface area contributed by atoms with E-state index >= 15 is 0 Å².